The largest absolute Gasteiger partial charge is 0.468 e. The van der Waals surface area contributed by atoms with Crippen LogP contribution >= 0.6 is 0 Å². The van der Waals surface area contributed by atoms with Crippen molar-refractivity contribution in [2.75, 3.05) is 26.8 Å². The SMILES string of the molecule is COC(=O)[C@H](C)N(CCO)CCC#N. The maximum absolute atomic E-state index is 11.2. The molecule has 0 saturated carbocycles. The highest BCUT2D eigenvalue weighted by Gasteiger charge is 2.20. The number of methoxy groups -OCH3 is 1. The first-order chi connectivity index (χ1) is 6.67. The number of hydrogen-bond acceptors (Lipinski definition) is 5. The molecule has 0 aliphatic rings. The van der Waals surface area contributed by atoms with Crippen molar-refractivity contribution >= 4 is 5.97 Å². The third-order valence-electron chi connectivity index (χ3n) is 1.99. The lowest BCUT2D eigenvalue weighted by molar-refractivity contribution is -0.146. The number of esters is 1. The summed E-state index contributed by atoms with van der Waals surface area (Å²) in [6.45, 7) is 2.50. The highest BCUT2D eigenvalue weighted by molar-refractivity contribution is 5.75. The minimum atomic E-state index is -0.416. The van der Waals surface area contributed by atoms with Gasteiger partial charge in [-0.3, -0.25) is 9.69 Å². The summed E-state index contributed by atoms with van der Waals surface area (Å²) in [6.07, 6.45) is 0.335. The number of carbonyl (C=O) groups is 1. The molecule has 0 heterocycles. The molecule has 0 rings (SSSR count). The summed E-state index contributed by atoms with van der Waals surface area (Å²) >= 11 is 0. The van der Waals surface area contributed by atoms with Gasteiger partial charge in [0, 0.05) is 19.5 Å². The molecule has 0 aromatic rings. The van der Waals surface area contributed by atoms with E-state index in [-0.39, 0.29) is 12.6 Å². The van der Waals surface area contributed by atoms with Crippen molar-refractivity contribution in [2.45, 2.75) is 19.4 Å². The van der Waals surface area contributed by atoms with Crippen LogP contribution in [-0.2, 0) is 9.53 Å². The summed E-state index contributed by atoms with van der Waals surface area (Å²) in [7, 11) is 1.32. The monoisotopic (exact) mass is 200 g/mol. The van der Waals surface area contributed by atoms with Crippen molar-refractivity contribution < 1.29 is 14.6 Å². The van der Waals surface area contributed by atoms with E-state index in [0.29, 0.717) is 19.5 Å². The predicted molar refractivity (Wildman–Crippen MR) is 50.4 cm³/mol. The number of aliphatic hydroxyl groups is 1. The molecule has 1 N–H and O–H groups in total. The molecule has 0 amide bonds. The average molecular weight is 200 g/mol. The van der Waals surface area contributed by atoms with Crippen molar-refractivity contribution in [1.29, 1.82) is 5.26 Å². The second-order valence-electron chi connectivity index (χ2n) is 2.87. The van der Waals surface area contributed by atoms with E-state index < -0.39 is 6.04 Å². The first kappa shape index (κ1) is 12.9. The molecule has 0 radical (unpaired) electrons. The van der Waals surface area contributed by atoms with Crippen LogP contribution in [0, 0.1) is 11.3 Å². The second-order valence-corrected chi connectivity index (χ2v) is 2.87. The Kier molecular flexibility index (Phi) is 6.72. The third-order valence-corrected chi connectivity index (χ3v) is 1.99. The number of nitrogens with zero attached hydrogens (tertiary/aromatic N) is 2. The van der Waals surface area contributed by atoms with Crippen LogP contribution in [0.1, 0.15) is 13.3 Å². The molecule has 0 spiro atoms. The maximum Gasteiger partial charge on any atom is 0.322 e. The van der Waals surface area contributed by atoms with Crippen molar-refractivity contribution in [3.05, 3.63) is 0 Å². The van der Waals surface area contributed by atoms with Crippen LogP contribution in [0.15, 0.2) is 0 Å². The minimum Gasteiger partial charge on any atom is -0.468 e. The molecule has 0 fully saturated rings. The molecular formula is C9H16N2O3. The normalized spacial score (nSPS) is 12.2. The van der Waals surface area contributed by atoms with Crippen LogP contribution in [-0.4, -0.2) is 48.8 Å². The molecule has 80 valence electrons. The van der Waals surface area contributed by atoms with Gasteiger partial charge in [-0.1, -0.05) is 0 Å². The Morgan fingerprint density at radius 1 is 1.64 bits per heavy atom. The van der Waals surface area contributed by atoms with Crippen molar-refractivity contribution in [3.63, 3.8) is 0 Å². The standard InChI is InChI=1S/C9H16N2O3/c1-8(9(13)14-2)11(6-7-12)5-3-4-10/h8,12H,3,5-7H2,1-2H3/t8-/m0/s1. The highest BCUT2D eigenvalue weighted by atomic mass is 16.5. The lowest BCUT2D eigenvalue weighted by Crippen LogP contribution is -2.41. The van der Waals surface area contributed by atoms with E-state index in [1.807, 2.05) is 6.07 Å². The number of ether oxygens (including phenoxy) is 1. The highest BCUT2D eigenvalue weighted by Crippen LogP contribution is 2.01. The lowest BCUT2D eigenvalue weighted by atomic mass is 10.2. The van der Waals surface area contributed by atoms with Gasteiger partial charge >= 0.3 is 5.97 Å². The molecule has 0 aliphatic carbocycles. The smallest absolute Gasteiger partial charge is 0.322 e. The molecule has 5 nitrogen and oxygen atoms in total. The fourth-order valence-electron chi connectivity index (χ4n) is 1.14. The van der Waals surface area contributed by atoms with Crippen LogP contribution in [0.5, 0.6) is 0 Å². The van der Waals surface area contributed by atoms with E-state index in [2.05, 4.69) is 4.74 Å². The maximum atomic E-state index is 11.2. The first-order valence-corrected chi connectivity index (χ1v) is 4.47. The summed E-state index contributed by atoms with van der Waals surface area (Å²) in [6, 6.07) is 1.58. The zero-order valence-electron chi connectivity index (χ0n) is 8.56. The van der Waals surface area contributed by atoms with Gasteiger partial charge in [0.2, 0.25) is 0 Å². The van der Waals surface area contributed by atoms with Crippen molar-refractivity contribution in [3.8, 4) is 6.07 Å². The molecular weight excluding hydrogens is 184 g/mol. The molecule has 0 saturated heterocycles. The zero-order chi connectivity index (χ0) is 11.0. The first-order valence-electron chi connectivity index (χ1n) is 4.47. The van der Waals surface area contributed by atoms with Gasteiger partial charge in [-0.05, 0) is 6.92 Å². The number of nitriles is 1. The van der Waals surface area contributed by atoms with Gasteiger partial charge in [0.25, 0.3) is 0 Å². The number of rotatable bonds is 6. The summed E-state index contributed by atoms with van der Waals surface area (Å²) < 4.78 is 4.57. The molecule has 5 heteroatoms. The van der Waals surface area contributed by atoms with Crippen LogP contribution in [0.4, 0.5) is 0 Å². The van der Waals surface area contributed by atoms with E-state index >= 15 is 0 Å². The molecule has 0 aliphatic heterocycles. The lowest BCUT2D eigenvalue weighted by Gasteiger charge is -2.25. The van der Waals surface area contributed by atoms with Crippen LogP contribution in [0.25, 0.3) is 0 Å². The van der Waals surface area contributed by atoms with E-state index in [0.717, 1.165) is 0 Å². The Morgan fingerprint density at radius 2 is 2.29 bits per heavy atom. The van der Waals surface area contributed by atoms with Gasteiger partial charge in [-0.2, -0.15) is 5.26 Å². The van der Waals surface area contributed by atoms with Gasteiger partial charge < -0.3 is 9.84 Å². The van der Waals surface area contributed by atoms with E-state index in [9.17, 15) is 4.79 Å². The van der Waals surface area contributed by atoms with Crippen LogP contribution in [0.2, 0.25) is 0 Å². The van der Waals surface area contributed by atoms with Gasteiger partial charge in [-0.15, -0.1) is 0 Å². The van der Waals surface area contributed by atoms with Gasteiger partial charge in [0.05, 0.1) is 19.8 Å². The fraction of sp³-hybridized carbons (Fsp3) is 0.778. The molecule has 0 unspecified atom stereocenters. The predicted octanol–water partition coefficient (Wildman–Crippen LogP) is -0.244. The Bertz CT molecular complexity index is 213. The summed E-state index contributed by atoms with van der Waals surface area (Å²) in [5.41, 5.74) is 0. The molecule has 0 aromatic carbocycles. The van der Waals surface area contributed by atoms with Gasteiger partial charge in [0.1, 0.15) is 6.04 Å². The van der Waals surface area contributed by atoms with Crippen molar-refractivity contribution in [2.24, 2.45) is 0 Å². The van der Waals surface area contributed by atoms with Gasteiger partial charge in [-0.25, -0.2) is 0 Å². The Labute approximate surface area is 83.9 Å². The third kappa shape index (κ3) is 4.21. The molecule has 0 bridgehead atoms. The zero-order valence-corrected chi connectivity index (χ0v) is 8.56. The Morgan fingerprint density at radius 3 is 2.71 bits per heavy atom. The summed E-state index contributed by atoms with van der Waals surface area (Å²) in [4.78, 5) is 12.9. The van der Waals surface area contributed by atoms with E-state index in [4.69, 9.17) is 10.4 Å². The summed E-state index contributed by atoms with van der Waals surface area (Å²) in [5, 5.41) is 17.2. The molecule has 1 atom stereocenters. The molecule has 14 heavy (non-hydrogen) atoms. The Hall–Kier alpha value is -1.12. The van der Waals surface area contributed by atoms with E-state index in [1.165, 1.54) is 7.11 Å². The Balaban J connectivity index is 4.17. The van der Waals surface area contributed by atoms with E-state index in [1.54, 1.807) is 11.8 Å². The number of aliphatic hydroxyl groups excluding tert-OH is 1. The number of hydrogen-bond donors (Lipinski definition) is 1. The van der Waals surface area contributed by atoms with Gasteiger partial charge in [0.15, 0.2) is 0 Å². The summed E-state index contributed by atoms with van der Waals surface area (Å²) in [5.74, 6) is -0.351. The fourth-order valence-corrected chi connectivity index (χ4v) is 1.14. The van der Waals surface area contributed by atoms with Crippen molar-refractivity contribution in [1.82, 2.24) is 4.90 Å². The minimum absolute atomic E-state index is 0.0350. The number of carbonyl (C=O) groups excluding carboxylic acids is 1. The average Bonchev–Trinajstić information content (AvgIpc) is 2.22. The van der Waals surface area contributed by atoms with Crippen LogP contribution < -0.4 is 0 Å². The molecule has 0 aromatic heterocycles. The quantitative estimate of drug-likeness (QED) is 0.599. The second kappa shape index (κ2) is 7.30. The topological polar surface area (TPSA) is 73.6 Å². The van der Waals surface area contributed by atoms with Crippen LogP contribution in [0.3, 0.4) is 0 Å².